The van der Waals surface area contributed by atoms with Crippen molar-refractivity contribution in [2.45, 2.75) is 6.92 Å². The van der Waals surface area contributed by atoms with Gasteiger partial charge in [-0.2, -0.15) is 4.91 Å². The fraction of sp³-hybridized carbons (Fsp3) is 0.385. The molecule has 1 amide bonds. The molecule has 0 heterocycles. The monoisotopic (exact) mass is 306 g/mol. The van der Waals surface area contributed by atoms with Gasteiger partial charge in [-0.3, -0.25) is 9.69 Å². The minimum atomic E-state index is -0.467. The second-order valence-corrected chi connectivity index (χ2v) is 4.35. The third kappa shape index (κ3) is 6.12. The smallest absolute Gasteiger partial charge is 0.338 e. The molecule has 0 saturated heterocycles. The number of rotatable bonds is 9. The quantitative estimate of drug-likeness (QED) is 0.233. The summed E-state index contributed by atoms with van der Waals surface area (Å²) in [5.74, 6) is -0.887. The number of benzene rings is 1. The summed E-state index contributed by atoms with van der Waals surface area (Å²) < 4.78 is 5.13. The highest BCUT2D eigenvalue weighted by Gasteiger charge is 2.10. The molecule has 0 aliphatic rings. The number of nitrogens with one attached hydrogen (secondary N) is 1. The van der Waals surface area contributed by atoms with Crippen LogP contribution in [0.3, 0.4) is 0 Å². The zero-order valence-corrected chi connectivity index (χ0v) is 12.2. The molecular weight excluding hydrogens is 288 g/mol. The fourth-order valence-corrected chi connectivity index (χ4v) is 1.68. The van der Waals surface area contributed by atoms with Gasteiger partial charge in [0.1, 0.15) is 12.3 Å². The molecule has 1 aromatic rings. The molecule has 0 radical (unpaired) electrons. The minimum absolute atomic E-state index is 0.133. The number of carbonyl (C=O) groups excluding carboxylic acids is 2. The van der Waals surface area contributed by atoms with Crippen LogP contribution in [0.5, 0.6) is 0 Å². The van der Waals surface area contributed by atoms with Gasteiger partial charge in [-0.25, -0.2) is 10.2 Å². The molecule has 1 aromatic carbocycles. The van der Waals surface area contributed by atoms with Crippen molar-refractivity contribution >= 4 is 17.6 Å². The Hall–Kier alpha value is -2.77. The number of primary amides is 1. The van der Waals surface area contributed by atoms with Crippen LogP contribution in [0, 0.1) is 0 Å². The van der Waals surface area contributed by atoms with E-state index in [2.05, 4.69) is 15.6 Å². The van der Waals surface area contributed by atoms with E-state index in [1.807, 2.05) is 6.92 Å². The van der Waals surface area contributed by atoms with Crippen LogP contribution in [0.15, 0.2) is 29.5 Å². The Morgan fingerprint density at radius 1 is 1.41 bits per heavy atom. The van der Waals surface area contributed by atoms with Gasteiger partial charge in [0, 0.05) is 6.54 Å². The van der Waals surface area contributed by atoms with Gasteiger partial charge >= 0.3 is 5.97 Å². The summed E-state index contributed by atoms with van der Waals surface area (Å²) >= 11 is 0. The molecule has 1 rings (SSSR count). The van der Waals surface area contributed by atoms with E-state index in [1.165, 1.54) is 0 Å². The maximum Gasteiger partial charge on any atom is 0.338 e. The molecule has 118 valence electrons. The standard InChI is InChI=1S/C13H18N6O3/c1-2-19(9-12(14)20)7-8-22-13(21)10-3-5-11(6-4-10)16-18-17-15/h3-6,16H,2,7-9H2,1H3,(H2,14,20). The second-order valence-electron chi connectivity index (χ2n) is 4.35. The van der Waals surface area contributed by atoms with Gasteiger partial charge in [-0.05, 0) is 36.0 Å². The Balaban J connectivity index is 2.44. The largest absolute Gasteiger partial charge is 0.461 e. The average molecular weight is 306 g/mol. The van der Waals surface area contributed by atoms with E-state index in [4.69, 9.17) is 16.0 Å². The number of ether oxygens (including phenoxy) is 1. The first-order valence-electron chi connectivity index (χ1n) is 6.64. The van der Waals surface area contributed by atoms with Gasteiger partial charge in [0.15, 0.2) is 0 Å². The number of hydrogen-bond donors (Lipinski definition) is 2. The molecule has 0 unspecified atom stereocenters. The number of nitrogens with two attached hydrogens (primary N) is 1. The summed E-state index contributed by atoms with van der Waals surface area (Å²) in [6, 6.07) is 6.30. The van der Waals surface area contributed by atoms with Gasteiger partial charge in [-0.1, -0.05) is 6.92 Å². The molecule has 9 heteroatoms. The number of nitrogens with zero attached hydrogens (tertiary/aromatic N) is 4. The van der Waals surface area contributed by atoms with E-state index in [0.717, 1.165) is 0 Å². The highest BCUT2D eigenvalue weighted by atomic mass is 16.5. The van der Waals surface area contributed by atoms with Gasteiger partial charge in [-0.15, -0.1) is 5.53 Å². The third-order valence-electron chi connectivity index (χ3n) is 2.81. The van der Waals surface area contributed by atoms with E-state index in [0.29, 0.717) is 24.3 Å². The van der Waals surface area contributed by atoms with Crippen molar-refractivity contribution in [1.82, 2.24) is 4.90 Å². The Bertz CT molecular complexity index is 553. The van der Waals surface area contributed by atoms with Crippen molar-refractivity contribution in [3.8, 4) is 0 Å². The Kier molecular flexibility index (Phi) is 7.24. The normalized spacial score (nSPS) is 9.91. The third-order valence-corrected chi connectivity index (χ3v) is 2.81. The summed E-state index contributed by atoms with van der Waals surface area (Å²) in [6.45, 7) is 3.26. The van der Waals surface area contributed by atoms with Crippen molar-refractivity contribution in [2.75, 3.05) is 31.7 Å². The molecule has 0 aromatic heterocycles. The van der Waals surface area contributed by atoms with Crippen LogP contribution in [-0.4, -0.2) is 43.0 Å². The van der Waals surface area contributed by atoms with Crippen LogP contribution >= 0.6 is 0 Å². The van der Waals surface area contributed by atoms with Crippen LogP contribution < -0.4 is 11.2 Å². The van der Waals surface area contributed by atoms with Crippen molar-refractivity contribution in [2.24, 2.45) is 11.0 Å². The van der Waals surface area contributed by atoms with Gasteiger partial charge < -0.3 is 10.5 Å². The Morgan fingerprint density at radius 3 is 2.64 bits per heavy atom. The molecule has 0 aliphatic heterocycles. The van der Waals surface area contributed by atoms with Crippen molar-refractivity contribution in [1.29, 1.82) is 0 Å². The van der Waals surface area contributed by atoms with E-state index < -0.39 is 11.9 Å². The molecule has 0 aliphatic carbocycles. The molecule has 0 atom stereocenters. The number of esters is 1. The number of anilines is 1. The van der Waals surface area contributed by atoms with E-state index in [9.17, 15) is 9.59 Å². The second kappa shape index (κ2) is 9.22. The van der Waals surface area contributed by atoms with Crippen LogP contribution in [0.25, 0.3) is 10.4 Å². The number of amides is 1. The Labute approximate surface area is 127 Å². The molecule has 0 bridgehead atoms. The summed E-state index contributed by atoms with van der Waals surface area (Å²) in [5.41, 5.74) is 16.7. The lowest BCUT2D eigenvalue weighted by Crippen LogP contribution is -2.36. The average Bonchev–Trinajstić information content (AvgIpc) is 2.51. The minimum Gasteiger partial charge on any atom is -0.461 e. The number of azide groups is 1. The van der Waals surface area contributed by atoms with E-state index in [1.54, 1.807) is 29.2 Å². The topological polar surface area (TPSA) is 133 Å². The molecule has 9 nitrogen and oxygen atoms in total. The van der Waals surface area contributed by atoms with Gasteiger partial charge in [0.25, 0.3) is 0 Å². The predicted molar refractivity (Wildman–Crippen MR) is 80.8 cm³/mol. The first kappa shape index (κ1) is 17.3. The zero-order valence-electron chi connectivity index (χ0n) is 12.2. The predicted octanol–water partition coefficient (Wildman–Crippen LogP) is 1.29. The first-order chi connectivity index (χ1) is 10.6. The van der Waals surface area contributed by atoms with Crippen molar-refractivity contribution in [3.63, 3.8) is 0 Å². The van der Waals surface area contributed by atoms with Crippen LogP contribution in [0.2, 0.25) is 0 Å². The molecule has 3 N–H and O–H groups in total. The molecular formula is C13H18N6O3. The van der Waals surface area contributed by atoms with Crippen LogP contribution in [-0.2, 0) is 9.53 Å². The lowest BCUT2D eigenvalue weighted by atomic mass is 10.2. The molecule has 0 saturated carbocycles. The van der Waals surface area contributed by atoms with Crippen LogP contribution in [0.4, 0.5) is 5.69 Å². The van der Waals surface area contributed by atoms with Gasteiger partial charge in [0.2, 0.25) is 5.91 Å². The van der Waals surface area contributed by atoms with Gasteiger partial charge in [0.05, 0.1) is 12.1 Å². The maximum absolute atomic E-state index is 11.8. The van der Waals surface area contributed by atoms with Crippen molar-refractivity contribution < 1.29 is 14.3 Å². The Morgan fingerprint density at radius 2 is 2.09 bits per heavy atom. The SMILES string of the molecule is CCN(CCOC(=O)c1ccc(NN=[N+]=[N-])cc1)CC(N)=O. The summed E-state index contributed by atoms with van der Waals surface area (Å²) in [4.78, 5) is 27.0. The number of hydrogen-bond acceptors (Lipinski definition) is 5. The lowest BCUT2D eigenvalue weighted by Gasteiger charge is -2.18. The summed E-state index contributed by atoms with van der Waals surface area (Å²) in [5, 5.41) is 3.19. The molecule has 0 spiro atoms. The first-order valence-corrected chi connectivity index (χ1v) is 6.64. The van der Waals surface area contributed by atoms with Crippen molar-refractivity contribution in [3.05, 3.63) is 40.3 Å². The number of likely N-dealkylation sites (N-methyl/N-ethyl adjacent to an activating group) is 1. The van der Waals surface area contributed by atoms with Crippen LogP contribution in [0.1, 0.15) is 17.3 Å². The summed E-state index contributed by atoms with van der Waals surface area (Å²) in [7, 11) is 0. The zero-order chi connectivity index (χ0) is 16.4. The highest BCUT2D eigenvalue weighted by Crippen LogP contribution is 2.10. The fourth-order valence-electron chi connectivity index (χ4n) is 1.68. The molecule has 22 heavy (non-hydrogen) atoms. The van der Waals surface area contributed by atoms with E-state index >= 15 is 0 Å². The summed E-state index contributed by atoms with van der Waals surface area (Å²) in [6.07, 6.45) is 0. The highest BCUT2D eigenvalue weighted by molar-refractivity contribution is 5.89. The molecule has 0 fully saturated rings. The number of carbonyl (C=O) groups is 2. The van der Waals surface area contributed by atoms with E-state index in [-0.39, 0.29) is 13.2 Å². The lowest BCUT2D eigenvalue weighted by molar-refractivity contribution is -0.119. The maximum atomic E-state index is 11.8.